The number of pyridine rings is 1. The molecule has 7 nitrogen and oxygen atoms in total. The lowest BCUT2D eigenvalue weighted by Crippen LogP contribution is -2.18. The monoisotopic (exact) mass is 411 g/mol. The molecule has 0 bridgehead atoms. The highest BCUT2D eigenvalue weighted by Gasteiger charge is 2.28. The lowest BCUT2D eigenvalue weighted by molar-refractivity contribution is 0.0378. The SMILES string of the molecule is CC(C)OC(=O)c1c(NC(=O)c2cc(-c3cccnc3)on2)sc2c1CCCC2. The highest BCUT2D eigenvalue weighted by molar-refractivity contribution is 7.17. The number of rotatable bonds is 5. The normalized spacial score (nSPS) is 13.2. The van der Waals surface area contributed by atoms with Gasteiger partial charge in [-0.1, -0.05) is 5.16 Å². The van der Waals surface area contributed by atoms with Crippen molar-refractivity contribution in [2.45, 2.75) is 45.6 Å². The highest BCUT2D eigenvalue weighted by atomic mass is 32.1. The molecule has 29 heavy (non-hydrogen) atoms. The molecule has 3 aromatic rings. The summed E-state index contributed by atoms with van der Waals surface area (Å²) in [6.45, 7) is 3.62. The van der Waals surface area contributed by atoms with Gasteiger partial charge in [0.05, 0.1) is 11.7 Å². The van der Waals surface area contributed by atoms with Crippen molar-refractivity contribution in [3.63, 3.8) is 0 Å². The molecule has 0 fully saturated rings. The number of nitrogens with zero attached hydrogens (tertiary/aromatic N) is 2. The average Bonchev–Trinajstić information content (AvgIpc) is 3.33. The molecule has 1 amide bonds. The van der Waals surface area contributed by atoms with Crippen LogP contribution >= 0.6 is 11.3 Å². The van der Waals surface area contributed by atoms with Crippen molar-refractivity contribution < 1.29 is 18.8 Å². The summed E-state index contributed by atoms with van der Waals surface area (Å²) in [7, 11) is 0. The Hall–Kier alpha value is -3.00. The number of ether oxygens (including phenoxy) is 1. The molecule has 0 saturated carbocycles. The Bertz CT molecular complexity index is 1040. The van der Waals surface area contributed by atoms with E-state index in [1.54, 1.807) is 24.5 Å². The molecule has 0 radical (unpaired) electrons. The van der Waals surface area contributed by atoms with E-state index in [2.05, 4.69) is 15.5 Å². The Morgan fingerprint density at radius 2 is 2.10 bits per heavy atom. The quantitative estimate of drug-likeness (QED) is 0.622. The molecule has 1 aliphatic rings. The zero-order valence-corrected chi connectivity index (χ0v) is 17.0. The Labute approximate surface area is 172 Å². The van der Waals surface area contributed by atoms with Crippen molar-refractivity contribution in [3.05, 3.63) is 52.3 Å². The van der Waals surface area contributed by atoms with Crippen LogP contribution in [0.5, 0.6) is 0 Å². The van der Waals surface area contributed by atoms with Gasteiger partial charge in [-0.3, -0.25) is 9.78 Å². The molecule has 8 heteroatoms. The van der Waals surface area contributed by atoms with Crippen LogP contribution in [0.25, 0.3) is 11.3 Å². The molecule has 0 aliphatic heterocycles. The van der Waals surface area contributed by atoms with Gasteiger partial charge >= 0.3 is 5.97 Å². The van der Waals surface area contributed by atoms with Crippen LogP contribution in [0.4, 0.5) is 5.00 Å². The topological polar surface area (TPSA) is 94.3 Å². The van der Waals surface area contributed by atoms with E-state index in [4.69, 9.17) is 9.26 Å². The van der Waals surface area contributed by atoms with Crippen molar-refractivity contribution >= 4 is 28.2 Å². The van der Waals surface area contributed by atoms with E-state index in [-0.39, 0.29) is 11.8 Å². The summed E-state index contributed by atoms with van der Waals surface area (Å²) >= 11 is 1.44. The van der Waals surface area contributed by atoms with Gasteiger partial charge in [0.1, 0.15) is 5.00 Å². The van der Waals surface area contributed by atoms with E-state index in [1.807, 2.05) is 19.9 Å². The minimum atomic E-state index is -0.430. The van der Waals surface area contributed by atoms with E-state index < -0.39 is 11.9 Å². The number of anilines is 1. The molecule has 0 spiro atoms. The summed E-state index contributed by atoms with van der Waals surface area (Å²) < 4.78 is 10.7. The molecule has 150 valence electrons. The third kappa shape index (κ3) is 4.07. The van der Waals surface area contributed by atoms with E-state index in [1.165, 1.54) is 11.3 Å². The number of amides is 1. The summed E-state index contributed by atoms with van der Waals surface area (Å²) in [6, 6.07) is 5.16. The van der Waals surface area contributed by atoms with Crippen molar-refractivity contribution in [1.82, 2.24) is 10.1 Å². The maximum Gasteiger partial charge on any atom is 0.341 e. The predicted octanol–water partition coefficient (Wildman–Crippen LogP) is 4.49. The molecule has 0 atom stereocenters. The van der Waals surface area contributed by atoms with Gasteiger partial charge < -0.3 is 14.6 Å². The molecule has 0 unspecified atom stereocenters. The fourth-order valence-corrected chi connectivity index (χ4v) is 4.61. The van der Waals surface area contributed by atoms with Crippen LogP contribution in [0.15, 0.2) is 35.1 Å². The summed E-state index contributed by atoms with van der Waals surface area (Å²) in [6.07, 6.45) is 6.89. The van der Waals surface area contributed by atoms with Gasteiger partial charge in [0.2, 0.25) is 0 Å². The Kier molecular flexibility index (Phi) is 5.44. The zero-order valence-electron chi connectivity index (χ0n) is 16.2. The predicted molar refractivity (Wildman–Crippen MR) is 109 cm³/mol. The van der Waals surface area contributed by atoms with Crippen molar-refractivity contribution in [2.24, 2.45) is 0 Å². The van der Waals surface area contributed by atoms with Crippen LogP contribution in [0.1, 0.15) is 58.0 Å². The fraction of sp³-hybridized carbons (Fsp3) is 0.333. The van der Waals surface area contributed by atoms with Crippen LogP contribution in [-0.4, -0.2) is 28.1 Å². The molecule has 1 aliphatic carbocycles. The van der Waals surface area contributed by atoms with E-state index in [0.29, 0.717) is 16.3 Å². The van der Waals surface area contributed by atoms with Crippen LogP contribution in [0.3, 0.4) is 0 Å². The number of hydrogen-bond acceptors (Lipinski definition) is 7. The van der Waals surface area contributed by atoms with Crippen LogP contribution in [-0.2, 0) is 17.6 Å². The van der Waals surface area contributed by atoms with Gasteiger partial charge in [-0.05, 0) is 57.2 Å². The van der Waals surface area contributed by atoms with Crippen LogP contribution < -0.4 is 5.32 Å². The second-order valence-electron chi connectivity index (χ2n) is 7.14. The molecule has 0 aromatic carbocycles. The van der Waals surface area contributed by atoms with Crippen molar-refractivity contribution in [2.75, 3.05) is 5.32 Å². The summed E-state index contributed by atoms with van der Waals surface area (Å²) in [5.41, 5.74) is 2.34. The highest BCUT2D eigenvalue weighted by Crippen LogP contribution is 2.39. The number of esters is 1. The first-order valence-electron chi connectivity index (χ1n) is 9.57. The zero-order chi connectivity index (χ0) is 20.4. The largest absolute Gasteiger partial charge is 0.459 e. The molecular formula is C21H21N3O4S. The standard InChI is InChI=1S/C21H21N3O4S/c1-12(2)27-21(26)18-14-7-3-4-8-17(14)29-20(18)23-19(25)15-10-16(28-24-15)13-6-5-9-22-11-13/h5-6,9-12H,3-4,7-8H2,1-2H3,(H,23,25). The number of carbonyl (C=O) groups is 2. The molecule has 3 heterocycles. The summed E-state index contributed by atoms with van der Waals surface area (Å²) in [5, 5.41) is 7.22. The number of hydrogen-bond donors (Lipinski definition) is 1. The number of aryl methyl sites for hydroxylation is 1. The third-order valence-electron chi connectivity index (χ3n) is 4.63. The Morgan fingerprint density at radius 1 is 1.28 bits per heavy atom. The average molecular weight is 411 g/mol. The molecule has 1 N–H and O–H groups in total. The van der Waals surface area contributed by atoms with Gasteiger partial charge in [-0.15, -0.1) is 11.3 Å². The molecule has 4 rings (SSSR count). The third-order valence-corrected chi connectivity index (χ3v) is 5.84. The smallest absolute Gasteiger partial charge is 0.341 e. The number of aromatic nitrogens is 2. The number of nitrogens with one attached hydrogen (secondary N) is 1. The first kappa shape index (κ1) is 19.3. The molecular weight excluding hydrogens is 390 g/mol. The number of carbonyl (C=O) groups excluding carboxylic acids is 2. The van der Waals surface area contributed by atoms with E-state index in [9.17, 15) is 9.59 Å². The van der Waals surface area contributed by atoms with Gasteiger partial charge in [0.15, 0.2) is 11.5 Å². The fourth-order valence-electron chi connectivity index (χ4n) is 3.34. The lowest BCUT2D eigenvalue weighted by Gasteiger charge is -2.14. The van der Waals surface area contributed by atoms with Gasteiger partial charge in [0, 0.05) is 28.9 Å². The van der Waals surface area contributed by atoms with Crippen LogP contribution in [0, 0.1) is 0 Å². The minimum Gasteiger partial charge on any atom is -0.459 e. The number of fused-ring (bicyclic) bond motifs is 1. The first-order valence-corrected chi connectivity index (χ1v) is 10.4. The molecule has 0 saturated heterocycles. The van der Waals surface area contributed by atoms with Crippen molar-refractivity contribution in [3.8, 4) is 11.3 Å². The summed E-state index contributed by atoms with van der Waals surface area (Å²) in [5.74, 6) is -0.375. The Balaban J connectivity index is 1.60. The first-order chi connectivity index (χ1) is 14.0. The number of thiophene rings is 1. The summed E-state index contributed by atoms with van der Waals surface area (Å²) in [4.78, 5) is 30.7. The Morgan fingerprint density at radius 3 is 2.86 bits per heavy atom. The maximum absolute atomic E-state index is 12.8. The van der Waals surface area contributed by atoms with Crippen molar-refractivity contribution in [1.29, 1.82) is 0 Å². The second-order valence-corrected chi connectivity index (χ2v) is 8.25. The van der Waals surface area contributed by atoms with E-state index >= 15 is 0 Å². The maximum atomic E-state index is 12.8. The van der Waals surface area contributed by atoms with E-state index in [0.717, 1.165) is 41.7 Å². The second kappa shape index (κ2) is 8.16. The van der Waals surface area contributed by atoms with Crippen LogP contribution in [0.2, 0.25) is 0 Å². The van der Waals surface area contributed by atoms with Gasteiger partial charge in [0.25, 0.3) is 5.91 Å². The lowest BCUT2D eigenvalue weighted by atomic mass is 9.95. The molecule has 3 aromatic heterocycles. The van der Waals surface area contributed by atoms with Gasteiger partial charge in [-0.2, -0.15) is 0 Å². The minimum absolute atomic E-state index is 0.137. The van der Waals surface area contributed by atoms with Gasteiger partial charge in [-0.25, -0.2) is 4.79 Å².